The van der Waals surface area contributed by atoms with Gasteiger partial charge in [-0.2, -0.15) is 13.2 Å². The lowest BCUT2D eigenvalue weighted by molar-refractivity contribution is -0.147. The maximum atomic E-state index is 13.6. The molecule has 0 bridgehead atoms. The van der Waals surface area contributed by atoms with Gasteiger partial charge in [0.25, 0.3) is 5.92 Å². The summed E-state index contributed by atoms with van der Waals surface area (Å²) < 4.78 is 80.8. The minimum Gasteiger partial charge on any atom is -0.382 e. The van der Waals surface area contributed by atoms with Gasteiger partial charge >= 0.3 is 6.18 Å². The van der Waals surface area contributed by atoms with Crippen molar-refractivity contribution in [3.63, 3.8) is 0 Å². The normalized spacial score (nSPS) is 20.4. The molecule has 1 heterocycles. The summed E-state index contributed by atoms with van der Waals surface area (Å²) in [5.41, 5.74) is -1.94. The zero-order valence-electron chi connectivity index (χ0n) is 11.5. The third kappa shape index (κ3) is 2.60. The van der Waals surface area contributed by atoms with Crippen LogP contribution in [0.25, 0.3) is 5.69 Å². The Kier molecular flexibility index (Phi) is 3.47. The first-order valence-corrected chi connectivity index (χ1v) is 6.74. The van der Waals surface area contributed by atoms with E-state index < -0.39 is 41.6 Å². The molecule has 2 nitrogen and oxygen atoms in total. The van der Waals surface area contributed by atoms with Crippen LogP contribution in [0.3, 0.4) is 0 Å². The number of fused-ring (bicyclic) bond motifs is 1. The summed E-state index contributed by atoms with van der Waals surface area (Å²) in [5.74, 6) is -4.19. The molecule has 1 aliphatic rings. The van der Waals surface area contributed by atoms with Crippen LogP contribution in [0.15, 0.2) is 30.5 Å². The molecule has 1 aromatic heterocycles. The summed E-state index contributed by atoms with van der Waals surface area (Å²) >= 11 is 0. The van der Waals surface area contributed by atoms with Crippen LogP contribution >= 0.6 is 0 Å². The van der Waals surface area contributed by atoms with Crippen molar-refractivity contribution in [2.75, 3.05) is 0 Å². The number of aliphatic hydroxyl groups is 1. The molecule has 23 heavy (non-hydrogen) atoms. The van der Waals surface area contributed by atoms with Crippen molar-refractivity contribution in [3.8, 4) is 5.69 Å². The van der Waals surface area contributed by atoms with E-state index in [9.17, 15) is 31.4 Å². The molecular formula is C15H11F6NO. The second-order valence-corrected chi connectivity index (χ2v) is 5.41. The number of rotatable bonds is 1. The van der Waals surface area contributed by atoms with Gasteiger partial charge in [0.15, 0.2) is 0 Å². The predicted molar refractivity (Wildman–Crippen MR) is 69.0 cm³/mol. The van der Waals surface area contributed by atoms with Gasteiger partial charge in [-0.3, -0.25) is 0 Å². The van der Waals surface area contributed by atoms with Crippen molar-refractivity contribution in [2.45, 2.75) is 31.0 Å². The molecule has 0 radical (unpaired) electrons. The van der Waals surface area contributed by atoms with Crippen molar-refractivity contribution < 1.29 is 31.4 Å². The fraction of sp³-hybridized carbons (Fsp3) is 0.333. The Morgan fingerprint density at radius 2 is 1.74 bits per heavy atom. The SMILES string of the molecule is OC1c2c(C(F)(F)F)cn(-c3ccc(F)cc3)c2CCC1(F)F. The second-order valence-electron chi connectivity index (χ2n) is 5.41. The minimum absolute atomic E-state index is 0.0395. The van der Waals surface area contributed by atoms with Crippen LogP contribution in [0.5, 0.6) is 0 Å². The third-order valence-electron chi connectivity index (χ3n) is 3.93. The van der Waals surface area contributed by atoms with Gasteiger partial charge in [-0.15, -0.1) is 0 Å². The summed E-state index contributed by atoms with van der Waals surface area (Å²) in [6.45, 7) is 0. The van der Waals surface area contributed by atoms with E-state index in [1.165, 1.54) is 12.1 Å². The molecule has 124 valence electrons. The number of alkyl halides is 5. The average Bonchev–Trinajstić information content (AvgIpc) is 2.84. The molecule has 0 amide bonds. The minimum atomic E-state index is -4.89. The van der Waals surface area contributed by atoms with Gasteiger partial charge in [-0.25, -0.2) is 13.2 Å². The number of hydrogen-bond donors (Lipinski definition) is 1. The van der Waals surface area contributed by atoms with Gasteiger partial charge in [-0.1, -0.05) is 0 Å². The van der Waals surface area contributed by atoms with E-state index >= 15 is 0 Å². The quantitative estimate of drug-likeness (QED) is 0.775. The second kappa shape index (κ2) is 5.02. The zero-order valence-corrected chi connectivity index (χ0v) is 11.5. The number of halogens is 6. The van der Waals surface area contributed by atoms with Gasteiger partial charge in [0.1, 0.15) is 11.9 Å². The largest absolute Gasteiger partial charge is 0.418 e. The Labute approximate surface area is 127 Å². The van der Waals surface area contributed by atoms with E-state index in [0.29, 0.717) is 6.20 Å². The Bertz CT molecular complexity index is 732. The van der Waals surface area contributed by atoms with Gasteiger partial charge in [0, 0.05) is 29.6 Å². The van der Waals surface area contributed by atoms with E-state index in [1.807, 2.05) is 0 Å². The van der Waals surface area contributed by atoms with E-state index in [4.69, 9.17) is 0 Å². The maximum absolute atomic E-state index is 13.6. The zero-order chi connectivity index (χ0) is 17.0. The summed E-state index contributed by atoms with van der Waals surface area (Å²) in [7, 11) is 0. The summed E-state index contributed by atoms with van der Waals surface area (Å²) in [6, 6.07) is 4.61. The van der Waals surface area contributed by atoms with E-state index in [1.54, 1.807) is 0 Å². The van der Waals surface area contributed by atoms with Crippen LogP contribution in [0.2, 0.25) is 0 Å². The van der Waals surface area contributed by atoms with Crippen LogP contribution in [0.4, 0.5) is 26.3 Å². The van der Waals surface area contributed by atoms with Crippen LogP contribution in [-0.4, -0.2) is 15.6 Å². The standard InChI is InChI=1S/C15H11F6NO/c16-8-1-3-9(4-2-8)22-7-10(15(19,20)21)12-11(22)5-6-14(17,18)13(12)23/h1-4,7,13,23H,5-6H2. The Morgan fingerprint density at radius 1 is 1.13 bits per heavy atom. The molecule has 1 unspecified atom stereocenters. The van der Waals surface area contributed by atoms with Crippen molar-refractivity contribution in [1.82, 2.24) is 4.57 Å². The number of benzene rings is 1. The highest BCUT2D eigenvalue weighted by Gasteiger charge is 2.50. The lowest BCUT2D eigenvalue weighted by Crippen LogP contribution is -2.33. The molecule has 0 aliphatic heterocycles. The Hall–Kier alpha value is -1.96. The summed E-state index contributed by atoms with van der Waals surface area (Å²) in [4.78, 5) is 0. The molecule has 0 saturated heterocycles. The first-order valence-electron chi connectivity index (χ1n) is 6.74. The van der Waals surface area contributed by atoms with Gasteiger partial charge in [0.2, 0.25) is 0 Å². The molecule has 0 spiro atoms. The van der Waals surface area contributed by atoms with Crippen molar-refractivity contribution in [3.05, 3.63) is 53.1 Å². The maximum Gasteiger partial charge on any atom is 0.418 e. The van der Waals surface area contributed by atoms with E-state index in [-0.39, 0.29) is 17.8 Å². The first kappa shape index (κ1) is 15.9. The smallest absolute Gasteiger partial charge is 0.382 e. The highest BCUT2D eigenvalue weighted by Crippen LogP contribution is 2.48. The molecule has 1 aliphatic carbocycles. The number of aromatic nitrogens is 1. The molecule has 0 fully saturated rings. The first-order chi connectivity index (χ1) is 10.6. The topological polar surface area (TPSA) is 25.2 Å². The predicted octanol–water partition coefficient (Wildman–Crippen LogP) is 4.25. The van der Waals surface area contributed by atoms with Crippen molar-refractivity contribution in [2.24, 2.45) is 0 Å². The third-order valence-corrected chi connectivity index (χ3v) is 3.93. The van der Waals surface area contributed by atoms with Crippen LogP contribution in [0.1, 0.15) is 29.3 Å². The van der Waals surface area contributed by atoms with E-state index in [2.05, 4.69) is 0 Å². The van der Waals surface area contributed by atoms with Crippen LogP contribution in [0, 0.1) is 5.82 Å². The molecule has 8 heteroatoms. The molecular weight excluding hydrogens is 324 g/mol. The highest BCUT2D eigenvalue weighted by atomic mass is 19.4. The van der Waals surface area contributed by atoms with Crippen LogP contribution < -0.4 is 0 Å². The molecule has 1 aromatic carbocycles. The summed E-state index contributed by atoms with van der Waals surface area (Å²) in [6.07, 6.45) is -7.83. The number of aliphatic hydroxyl groups excluding tert-OH is 1. The molecule has 1 N–H and O–H groups in total. The molecule has 0 saturated carbocycles. The molecule has 3 rings (SSSR count). The van der Waals surface area contributed by atoms with Gasteiger partial charge in [-0.05, 0) is 30.7 Å². The number of nitrogens with zero attached hydrogens (tertiary/aromatic N) is 1. The lowest BCUT2D eigenvalue weighted by atomic mass is 9.89. The van der Waals surface area contributed by atoms with E-state index in [0.717, 1.165) is 16.7 Å². The summed E-state index contributed by atoms with van der Waals surface area (Å²) in [5, 5.41) is 9.71. The van der Waals surface area contributed by atoms with Gasteiger partial charge in [0.05, 0.1) is 5.56 Å². The average molecular weight is 335 g/mol. The van der Waals surface area contributed by atoms with Crippen molar-refractivity contribution in [1.29, 1.82) is 0 Å². The molecule has 2 aromatic rings. The molecule has 1 atom stereocenters. The van der Waals surface area contributed by atoms with Gasteiger partial charge < -0.3 is 9.67 Å². The highest BCUT2D eigenvalue weighted by molar-refractivity contribution is 5.46. The fourth-order valence-electron chi connectivity index (χ4n) is 2.81. The number of hydrogen-bond acceptors (Lipinski definition) is 1. The van der Waals surface area contributed by atoms with Crippen LogP contribution in [-0.2, 0) is 12.6 Å². The Morgan fingerprint density at radius 3 is 2.30 bits per heavy atom. The lowest BCUT2D eigenvalue weighted by Gasteiger charge is -2.29. The fourth-order valence-corrected chi connectivity index (χ4v) is 2.81. The van der Waals surface area contributed by atoms with Crippen molar-refractivity contribution >= 4 is 0 Å². The Balaban J connectivity index is 2.23. The monoisotopic (exact) mass is 335 g/mol.